The van der Waals surface area contributed by atoms with Gasteiger partial charge in [0.1, 0.15) is 11.5 Å². The molecule has 98 valence electrons. The van der Waals surface area contributed by atoms with E-state index >= 15 is 0 Å². The van der Waals surface area contributed by atoms with Gasteiger partial charge in [0.2, 0.25) is 0 Å². The number of rotatable bonds is 2. The summed E-state index contributed by atoms with van der Waals surface area (Å²) >= 11 is 0. The molecule has 2 rings (SSSR count). The van der Waals surface area contributed by atoms with Gasteiger partial charge >= 0.3 is 0 Å². The highest BCUT2D eigenvalue weighted by Gasteiger charge is 2.13. The minimum absolute atomic E-state index is 0.0416. The molecule has 0 aromatic heterocycles. The van der Waals surface area contributed by atoms with Crippen LogP contribution in [0.5, 0.6) is 11.5 Å². The SMILES string of the molecule is Cc1ccc(NC(=O)c2cc(O)ccc2O)c(C)c1. The molecule has 4 heteroatoms. The first-order chi connectivity index (χ1) is 8.97. The minimum atomic E-state index is -0.458. The van der Waals surface area contributed by atoms with Crippen molar-refractivity contribution in [1.82, 2.24) is 0 Å². The number of carbonyl (C=O) groups is 1. The zero-order valence-corrected chi connectivity index (χ0v) is 10.8. The molecule has 0 aliphatic rings. The summed E-state index contributed by atoms with van der Waals surface area (Å²) < 4.78 is 0. The first-order valence-electron chi connectivity index (χ1n) is 5.88. The van der Waals surface area contributed by atoms with Crippen LogP contribution in [0.2, 0.25) is 0 Å². The van der Waals surface area contributed by atoms with E-state index in [2.05, 4.69) is 5.32 Å². The van der Waals surface area contributed by atoms with E-state index in [4.69, 9.17) is 0 Å². The first kappa shape index (κ1) is 13.0. The average Bonchev–Trinajstić information content (AvgIpc) is 2.35. The zero-order valence-electron chi connectivity index (χ0n) is 10.8. The van der Waals surface area contributed by atoms with E-state index in [0.717, 1.165) is 11.1 Å². The molecule has 0 heterocycles. The molecule has 2 aromatic carbocycles. The number of amides is 1. The Morgan fingerprint density at radius 3 is 2.47 bits per heavy atom. The van der Waals surface area contributed by atoms with Crippen LogP contribution in [0.15, 0.2) is 36.4 Å². The van der Waals surface area contributed by atoms with Gasteiger partial charge in [0.15, 0.2) is 0 Å². The number of aromatic hydroxyl groups is 2. The minimum Gasteiger partial charge on any atom is -0.508 e. The van der Waals surface area contributed by atoms with Crippen molar-refractivity contribution in [2.75, 3.05) is 5.32 Å². The predicted molar refractivity (Wildman–Crippen MR) is 73.6 cm³/mol. The number of hydrogen-bond acceptors (Lipinski definition) is 3. The summed E-state index contributed by atoms with van der Waals surface area (Å²) in [5, 5.41) is 21.7. The Morgan fingerprint density at radius 2 is 1.79 bits per heavy atom. The molecule has 1 amide bonds. The fourth-order valence-corrected chi connectivity index (χ4v) is 1.85. The molecular formula is C15H15NO3. The summed E-state index contributed by atoms with van der Waals surface area (Å²) in [6.07, 6.45) is 0. The molecule has 0 radical (unpaired) electrons. The second-order valence-corrected chi connectivity index (χ2v) is 4.47. The number of hydrogen-bond donors (Lipinski definition) is 3. The van der Waals surface area contributed by atoms with Crippen molar-refractivity contribution in [3.05, 3.63) is 53.1 Å². The van der Waals surface area contributed by atoms with Crippen molar-refractivity contribution in [2.24, 2.45) is 0 Å². The molecule has 0 unspecified atom stereocenters. The van der Waals surface area contributed by atoms with Crippen LogP contribution in [0, 0.1) is 13.8 Å². The van der Waals surface area contributed by atoms with Crippen LogP contribution in [0.1, 0.15) is 21.5 Å². The molecule has 2 aromatic rings. The average molecular weight is 257 g/mol. The molecular weight excluding hydrogens is 242 g/mol. The van der Waals surface area contributed by atoms with Crippen molar-refractivity contribution in [1.29, 1.82) is 0 Å². The molecule has 0 aliphatic carbocycles. The van der Waals surface area contributed by atoms with Gasteiger partial charge in [0.25, 0.3) is 5.91 Å². The number of nitrogens with one attached hydrogen (secondary N) is 1. The number of benzene rings is 2. The molecule has 19 heavy (non-hydrogen) atoms. The maximum Gasteiger partial charge on any atom is 0.259 e. The standard InChI is InChI=1S/C15H15NO3/c1-9-3-5-13(10(2)7-9)16-15(19)12-8-11(17)4-6-14(12)18/h3-8,17-18H,1-2H3,(H,16,19). The van der Waals surface area contributed by atoms with Gasteiger partial charge in [-0.15, -0.1) is 0 Å². The van der Waals surface area contributed by atoms with Crippen LogP contribution in [-0.4, -0.2) is 16.1 Å². The third-order valence-corrected chi connectivity index (χ3v) is 2.85. The van der Waals surface area contributed by atoms with Gasteiger partial charge in [-0.05, 0) is 43.7 Å². The maximum atomic E-state index is 12.0. The van der Waals surface area contributed by atoms with E-state index in [1.807, 2.05) is 32.0 Å². The van der Waals surface area contributed by atoms with Crippen LogP contribution in [-0.2, 0) is 0 Å². The fraction of sp³-hybridized carbons (Fsp3) is 0.133. The Bertz CT molecular complexity index is 635. The first-order valence-corrected chi connectivity index (χ1v) is 5.88. The summed E-state index contributed by atoms with van der Waals surface area (Å²) in [6, 6.07) is 9.49. The molecule has 0 atom stereocenters. The molecule has 0 saturated heterocycles. The van der Waals surface area contributed by atoms with Crippen LogP contribution >= 0.6 is 0 Å². The predicted octanol–water partition coefficient (Wildman–Crippen LogP) is 2.97. The Hall–Kier alpha value is -2.49. The van der Waals surface area contributed by atoms with E-state index in [0.29, 0.717) is 5.69 Å². The number of anilines is 1. The third kappa shape index (κ3) is 2.85. The lowest BCUT2D eigenvalue weighted by Crippen LogP contribution is -2.13. The highest BCUT2D eigenvalue weighted by atomic mass is 16.3. The summed E-state index contributed by atoms with van der Waals surface area (Å²) in [6.45, 7) is 3.87. The molecule has 0 aliphatic heterocycles. The molecule has 3 N–H and O–H groups in total. The van der Waals surface area contributed by atoms with Gasteiger partial charge in [-0.2, -0.15) is 0 Å². The van der Waals surface area contributed by atoms with Crippen molar-refractivity contribution >= 4 is 11.6 Å². The van der Waals surface area contributed by atoms with Crippen molar-refractivity contribution < 1.29 is 15.0 Å². The Kier molecular flexibility index (Phi) is 3.42. The third-order valence-electron chi connectivity index (χ3n) is 2.85. The molecule has 0 spiro atoms. The van der Waals surface area contributed by atoms with Gasteiger partial charge in [-0.3, -0.25) is 4.79 Å². The van der Waals surface area contributed by atoms with Gasteiger partial charge in [-0.1, -0.05) is 17.7 Å². The van der Waals surface area contributed by atoms with Crippen LogP contribution in [0.25, 0.3) is 0 Å². The number of carbonyl (C=O) groups excluding carboxylic acids is 1. The smallest absolute Gasteiger partial charge is 0.259 e. The van der Waals surface area contributed by atoms with Crippen LogP contribution in [0.4, 0.5) is 5.69 Å². The van der Waals surface area contributed by atoms with Gasteiger partial charge < -0.3 is 15.5 Å². The Labute approximate surface area is 111 Å². The van der Waals surface area contributed by atoms with Gasteiger partial charge in [-0.25, -0.2) is 0 Å². The van der Waals surface area contributed by atoms with E-state index in [1.54, 1.807) is 0 Å². The molecule has 0 fully saturated rings. The molecule has 0 bridgehead atoms. The largest absolute Gasteiger partial charge is 0.508 e. The molecule has 0 saturated carbocycles. The second kappa shape index (κ2) is 5.02. The van der Waals surface area contributed by atoms with Crippen molar-refractivity contribution in [3.63, 3.8) is 0 Å². The second-order valence-electron chi connectivity index (χ2n) is 4.47. The fourth-order valence-electron chi connectivity index (χ4n) is 1.85. The topological polar surface area (TPSA) is 69.6 Å². The highest BCUT2D eigenvalue weighted by molar-refractivity contribution is 6.06. The van der Waals surface area contributed by atoms with E-state index < -0.39 is 5.91 Å². The van der Waals surface area contributed by atoms with E-state index in [1.165, 1.54) is 18.2 Å². The van der Waals surface area contributed by atoms with Gasteiger partial charge in [0.05, 0.1) is 5.56 Å². The quantitative estimate of drug-likeness (QED) is 0.724. The Morgan fingerprint density at radius 1 is 1.05 bits per heavy atom. The lowest BCUT2D eigenvalue weighted by atomic mass is 10.1. The van der Waals surface area contributed by atoms with Crippen LogP contribution in [0.3, 0.4) is 0 Å². The number of phenolic OH excluding ortho intramolecular Hbond substituents is 2. The molecule has 4 nitrogen and oxygen atoms in total. The maximum absolute atomic E-state index is 12.0. The highest BCUT2D eigenvalue weighted by Crippen LogP contribution is 2.24. The van der Waals surface area contributed by atoms with E-state index in [-0.39, 0.29) is 17.1 Å². The van der Waals surface area contributed by atoms with Crippen molar-refractivity contribution in [2.45, 2.75) is 13.8 Å². The van der Waals surface area contributed by atoms with E-state index in [9.17, 15) is 15.0 Å². The number of aryl methyl sites for hydroxylation is 2. The summed E-state index contributed by atoms with van der Waals surface area (Å²) in [7, 11) is 0. The lowest BCUT2D eigenvalue weighted by Gasteiger charge is -2.10. The monoisotopic (exact) mass is 257 g/mol. The Balaban J connectivity index is 2.28. The van der Waals surface area contributed by atoms with Crippen LogP contribution < -0.4 is 5.32 Å². The number of phenols is 2. The lowest BCUT2D eigenvalue weighted by molar-refractivity contribution is 0.102. The summed E-state index contributed by atoms with van der Waals surface area (Å²) in [4.78, 5) is 12.0. The summed E-state index contributed by atoms with van der Waals surface area (Å²) in [5.74, 6) is -0.691. The van der Waals surface area contributed by atoms with Crippen molar-refractivity contribution in [3.8, 4) is 11.5 Å². The van der Waals surface area contributed by atoms with Gasteiger partial charge in [0, 0.05) is 5.69 Å². The normalized spacial score (nSPS) is 10.2. The zero-order chi connectivity index (χ0) is 14.0. The summed E-state index contributed by atoms with van der Waals surface area (Å²) in [5.41, 5.74) is 2.77.